The summed E-state index contributed by atoms with van der Waals surface area (Å²) in [6, 6.07) is 8.13. The fourth-order valence-corrected chi connectivity index (χ4v) is 3.80. The molecule has 130 valence electrons. The first-order valence-electron chi connectivity index (χ1n) is 8.08. The number of aryl methyl sites for hydroxylation is 1. The van der Waals surface area contributed by atoms with E-state index in [2.05, 4.69) is 35.5 Å². The van der Waals surface area contributed by atoms with Gasteiger partial charge in [0.2, 0.25) is 0 Å². The molecule has 0 unspecified atom stereocenters. The van der Waals surface area contributed by atoms with Gasteiger partial charge in [-0.1, -0.05) is 31.2 Å². The van der Waals surface area contributed by atoms with Gasteiger partial charge < -0.3 is 10.6 Å². The Hall–Kier alpha value is -1.43. The molecule has 3 rings (SSSR count). The maximum Gasteiger partial charge on any atom is 0.270 e. The Labute approximate surface area is 153 Å². The van der Waals surface area contributed by atoms with E-state index >= 15 is 0 Å². The van der Waals surface area contributed by atoms with E-state index in [0.717, 1.165) is 36.5 Å². The molecule has 2 N–H and O–H groups in total. The zero-order valence-electron chi connectivity index (χ0n) is 14.1. The molecule has 1 amide bonds. The topological polar surface area (TPSA) is 54.0 Å². The standard InChI is InChI=1S/C18H23N3OS.ClH/c1-13-5-3-4-6-14(13)17-21-15(11-23-17)16(22)20-12-18(2)7-9-19-10-8-18;/h3-6,11,19H,7-10,12H2,1-2H3,(H,20,22);1H. The number of carbonyl (C=O) groups is 1. The molecule has 6 heteroatoms. The summed E-state index contributed by atoms with van der Waals surface area (Å²) in [4.78, 5) is 16.9. The first-order chi connectivity index (χ1) is 11.1. The molecule has 1 saturated heterocycles. The Morgan fingerprint density at radius 1 is 1.33 bits per heavy atom. The number of nitrogens with zero attached hydrogens (tertiary/aromatic N) is 1. The van der Waals surface area contributed by atoms with Crippen molar-refractivity contribution in [1.82, 2.24) is 15.6 Å². The van der Waals surface area contributed by atoms with Crippen molar-refractivity contribution in [3.05, 3.63) is 40.9 Å². The van der Waals surface area contributed by atoms with Gasteiger partial charge in [0, 0.05) is 17.5 Å². The zero-order valence-corrected chi connectivity index (χ0v) is 15.7. The summed E-state index contributed by atoms with van der Waals surface area (Å²) >= 11 is 1.52. The minimum absolute atomic E-state index is 0. The number of amides is 1. The van der Waals surface area contributed by atoms with Crippen LogP contribution in [-0.4, -0.2) is 30.5 Å². The minimum Gasteiger partial charge on any atom is -0.350 e. The highest BCUT2D eigenvalue weighted by atomic mass is 35.5. The van der Waals surface area contributed by atoms with E-state index in [4.69, 9.17) is 0 Å². The number of rotatable bonds is 4. The number of piperidine rings is 1. The molecule has 4 nitrogen and oxygen atoms in total. The Bertz CT molecular complexity index is 695. The second-order valence-electron chi connectivity index (χ2n) is 6.60. The van der Waals surface area contributed by atoms with Gasteiger partial charge in [-0.15, -0.1) is 23.7 Å². The molecule has 1 aromatic heterocycles. The molecule has 1 aliphatic heterocycles. The molecule has 1 fully saturated rings. The molecule has 0 radical (unpaired) electrons. The van der Waals surface area contributed by atoms with Crippen molar-refractivity contribution < 1.29 is 4.79 Å². The molecule has 2 aromatic rings. The molecule has 24 heavy (non-hydrogen) atoms. The lowest BCUT2D eigenvalue weighted by molar-refractivity contribution is 0.0918. The molecule has 0 aliphatic carbocycles. The van der Waals surface area contributed by atoms with E-state index in [1.807, 2.05) is 23.6 Å². The van der Waals surface area contributed by atoms with Gasteiger partial charge in [0.05, 0.1) is 0 Å². The van der Waals surface area contributed by atoms with Crippen molar-refractivity contribution in [2.45, 2.75) is 26.7 Å². The highest BCUT2D eigenvalue weighted by Crippen LogP contribution is 2.28. The summed E-state index contributed by atoms with van der Waals surface area (Å²) in [5, 5.41) is 9.18. The summed E-state index contributed by atoms with van der Waals surface area (Å²) in [5.41, 5.74) is 2.99. The van der Waals surface area contributed by atoms with Crippen molar-refractivity contribution in [3.8, 4) is 10.6 Å². The monoisotopic (exact) mass is 365 g/mol. The maximum atomic E-state index is 12.4. The number of nitrogens with one attached hydrogen (secondary N) is 2. The van der Waals surface area contributed by atoms with Gasteiger partial charge in [-0.05, 0) is 43.8 Å². The lowest BCUT2D eigenvalue weighted by atomic mass is 9.81. The summed E-state index contributed by atoms with van der Waals surface area (Å²) < 4.78 is 0. The van der Waals surface area contributed by atoms with E-state index in [-0.39, 0.29) is 23.7 Å². The molecule has 2 heterocycles. The lowest BCUT2D eigenvalue weighted by Gasteiger charge is -2.34. The fraction of sp³-hybridized carbons (Fsp3) is 0.444. The third-order valence-corrected chi connectivity index (χ3v) is 5.47. The second kappa shape index (κ2) is 8.10. The number of aromatic nitrogens is 1. The van der Waals surface area contributed by atoms with Crippen LogP contribution in [0.1, 0.15) is 35.8 Å². The first-order valence-corrected chi connectivity index (χ1v) is 8.96. The Morgan fingerprint density at radius 2 is 2.04 bits per heavy atom. The average molecular weight is 366 g/mol. The Kier molecular flexibility index (Phi) is 6.38. The summed E-state index contributed by atoms with van der Waals surface area (Å²) in [5.74, 6) is -0.0687. The van der Waals surface area contributed by atoms with Gasteiger partial charge in [0.15, 0.2) is 0 Å². The SMILES string of the molecule is Cc1ccccc1-c1nc(C(=O)NCC2(C)CCNCC2)cs1.Cl. The van der Waals surface area contributed by atoms with Crippen LogP contribution in [0.25, 0.3) is 10.6 Å². The van der Waals surface area contributed by atoms with Crippen LogP contribution in [0, 0.1) is 12.3 Å². The number of benzene rings is 1. The number of hydrogen-bond donors (Lipinski definition) is 2. The lowest BCUT2D eigenvalue weighted by Crippen LogP contribution is -2.42. The predicted octanol–water partition coefficient (Wildman–Crippen LogP) is 3.66. The van der Waals surface area contributed by atoms with Crippen molar-refractivity contribution >= 4 is 29.7 Å². The van der Waals surface area contributed by atoms with Crippen LogP contribution in [0.15, 0.2) is 29.6 Å². The predicted molar refractivity (Wildman–Crippen MR) is 102 cm³/mol. The number of thiazole rings is 1. The van der Waals surface area contributed by atoms with Crippen LogP contribution >= 0.6 is 23.7 Å². The van der Waals surface area contributed by atoms with Crippen molar-refractivity contribution in [2.24, 2.45) is 5.41 Å². The molecular weight excluding hydrogens is 342 g/mol. The van der Waals surface area contributed by atoms with Crippen LogP contribution in [0.2, 0.25) is 0 Å². The van der Waals surface area contributed by atoms with E-state index in [9.17, 15) is 4.79 Å². The van der Waals surface area contributed by atoms with Gasteiger partial charge in [-0.25, -0.2) is 4.98 Å². The van der Waals surface area contributed by atoms with Crippen LogP contribution < -0.4 is 10.6 Å². The second-order valence-corrected chi connectivity index (χ2v) is 7.45. The quantitative estimate of drug-likeness (QED) is 0.869. The summed E-state index contributed by atoms with van der Waals surface area (Å²) in [6.45, 7) is 7.08. The molecule has 0 bridgehead atoms. The number of hydrogen-bond acceptors (Lipinski definition) is 4. The number of halogens is 1. The van der Waals surface area contributed by atoms with Crippen LogP contribution in [0.5, 0.6) is 0 Å². The average Bonchev–Trinajstić information content (AvgIpc) is 3.04. The van der Waals surface area contributed by atoms with E-state index in [1.165, 1.54) is 16.9 Å². The molecular formula is C18H24ClN3OS. The summed E-state index contributed by atoms with van der Waals surface area (Å²) in [7, 11) is 0. The van der Waals surface area contributed by atoms with Crippen molar-refractivity contribution in [3.63, 3.8) is 0 Å². The van der Waals surface area contributed by atoms with Crippen LogP contribution in [0.3, 0.4) is 0 Å². The largest absolute Gasteiger partial charge is 0.350 e. The molecule has 1 aliphatic rings. The van der Waals surface area contributed by atoms with Gasteiger partial charge in [-0.3, -0.25) is 4.79 Å². The highest BCUT2D eigenvalue weighted by molar-refractivity contribution is 7.13. The molecule has 1 aromatic carbocycles. The zero-order chi connectivity index (χ0) is 16.3. The van der Waals surface area contributed by atoms with E-state index in [1.54, 1.807) is 0 Å². The Morgan fingerprint density at radius 3 is 2.75 bits per heavy atom. The van der Waals surface area contributed by atoms with Crippen LogP contribution in [0.4, 0.5) is 0 Å². The minimum atomic E-state index is -0.0687. The third kappa shape index (κ3) is 4.35. The number of carbonyl (C=O) groups excluding carboxylic acids is 1. The maximum absolute atomic E-state index is 12.4. The van der Waals surface area contributed by atoms with Gasteiger partial charge >= 0.3 is 0 Å². The van der Waals surface area contributed by atoms with Gasteiger partial charge in [0.1, 0.15) is 10.7 Å². The highest BCUT2D eigenvalue weighted by Gasteiger charge is 2.27. The van der Waals surface area contributed by atoms with Gasteiger partial charge in [0.25, 0.3) is 5.91 Å². The third-order valence-electron chi connectivity index (χ3n) is 4.60. The summed E-state index contributed by atoms with van der Waals surface area (Å²) in [6.07, 6.45) is 2.19. The van der Waals surface area contributed by atoms with Crippen LogP contribution in [-0.2, 0) is 0 Å². The smallest absolute Gasteiger partial charge is 0.270 e. The molecule has 0 spiro atoms. The molecule has 0 atom stereocenters. The fourth-order valence-electron chi connectivity index (χ4n) is 2.91. The first kappa shape index (κ1) is 18.9. The van der Waals surface area contributed by atoms with Gasteiger partial charge in [-0.2, -0.15) is 0 Å². The molecule has 0 saturated carbocycles. The van der Waals surface area contributed by atoms with Crippen molar-refractivity contribution in [2.75, 3.05) is 19.6 Å². The van der Waals surface area contributed by atoms with Crippen molar-refractivity contribution in [1.29, 1.82) is 0 Å². The normalized spacial score (nSPS) is 16.2. The van der Waals surface area contributed by atoms with E-state index in [0.29, 0.717) is 12.2 Å². The Balaban J connectivity index is 0.00000208. The van der Waals surface area contributed by atoms with E-state index < -0.39 is 0 Å².